The number of hydrogen-bond acceptors (Lipinski definition) is 2. The lowest BCUT2D eigenvalue weighted by atomic mass is 9.92. The summed E-state index contributed by atoms with van der Waals surface area (Å²) in [5, 5.41) is 3.99. The van der Waals surface area contributed by atoms with E-state index < -0.39 is 0 Å². The van der Waals surface area contributed by atoms with Crippen LogP contribution < -0.4 is 5.32 Å². The second kappa shape index (κ2) is 5.80. The molecule has 1 fully saturated rings. The molecule has 2 rings (SSSR count). The van der Waals surface area contributed by atoms with E-state index in [0.717, 1.165) is 25.1 Å². The Morgan fingerprint density at radius 3 is 3.06 bits per heavy atom. The van der Waals surface area contributed by atoms with E-state index in [9.17, 15) is 4.39 Å². The Morgan fingerprint density at radius 1 is 1.59 bits per heavy atom. The van der Waals surface area contributed by atoms with Gasteiger partial charge in [-0.05, 0) is 36.7 Å². The molecule has 1 aliphatic rings. The normalized spacial score (nSPS) is 21.7. The van der Waals surface area contributed by atoms with E-state index in [1.54, 1.807) is 6.07 Å². The first-order valence-electron chi connectivity index (χ1n) is 5.98. The summed E-state index contributed by atoms with van der Waals surface area (Å²) < 4.78 is 18.7. The number of rotatable bonds is 4. The highest BCUT2D eigenvalue weighted by Crippen LogP contribution is 2.33. The van der Waals surface area contributed by atoms with Crippen molar-refractivity contribution in [1.82, 2.24) is 5.32 Å². The average Bonchev–Trinajstić information content (AvgIpc) is 2.83. The van der Waals surface area contributed by atoms with Gasteiger partial charge in [-0.1, -0.05) is 18.5 Å². The lowest BCUT2D eigenvalue weighted by Gasteiger charge is -2.24. The quantitative estimate of drug-likeness (QED) is 0.895. The Kier molecular flexibility index (Phi) is 4.37. The zero-order valence-corrected chi connectivity index (χ0v) is 10.6. The molecular formula is C13H17ClFNO. The molecule has 1 N–H and O–H groups in total. The number of nitrogens with one attached hydrogen (secondary N) is 1. The summed E-state index contributed by atoms with van der Waals surface area (Å²) in [6, 6.07) is 4.60. The third kappa shape index (κ3) is 2.97. The van der Waals surface area contributed by atoms with E-state index in [0.29, 0.717) is 17.5 Å². The van der Waals surface area contributed by atoms with E-state index in [-0.39, 0.29) is 11.9 Å². The van der Waals surface area contributed by atoms with Gasteiger partial charge in [0.1, 0.15) is 5.82 Å². The third-order valence-electron chi connectivity index (χ3n) is 3.15. The summed E-state index contributed by atoms with van der Waals surface area (Å²) in [6.45, 7) is 4.36. The van der Waals surface area contributed by atoms with E-state index >= 15 is 0 Å². The van der Waals surface area contributed by atoms with Crippen molar-refractivity contribution in [1.29, 1.82) is 0 Å². The molecule has 1 aliphatic heterocycles. The minimum atomic E-state index is -0.244. The fraction of sp³-hybridized carbons (Fsp3) is 0.538. The van der Waals surface area contributed by atoms with E-state index in [1.165, 1.54) is 12.1 Å². The van der Waals surface area contributed by atoms with Gasteiger partial charge in [0.15, 0.2) is 0 Å². The van der Waals surface area contributed by atoms with Crippen molar-refractivity contribution in [2.45, 2.75) is 19.4 Å². The fourth-order valence-electron chi connectivity index (χ4n) is 2.32. The van der Waals surface area contributed by atoms with Gasteiger partial charge in [0, 0.05) is 23.6 Å². The number of benzene rings is 1. The Labute approximate surface area is 106 Å². The summed E-state index contributed by atoms with van der Waals surface area (Å²) >= 11 is 6.16. The summed E-state index contributed by atoms with van der Waals surface area (Å²) in [7, 11) is 0. The predicted octanol–water partition coefficient (Wildman–Crippen LogP) is 3.17. The summed E-state index contributed by atoms with van der Waals surface area (Å²) in [5.74, 6) is 0.125. The Bertz CT molecular complexity index is 380. The maximum Gasteiger partial charge on any atom is 0.123 e. The van der Waals surface area contributed by atoms with Gasteiger partial charge in [-0.25, -0.2) is 4.39 Å². The summed E-state index contributed by atoms with van der Waals surface area (Å²) in [4.78, 5) is 0. The van der Waals surface area contributed by atoms with E-state index in [4.69, 9.17) is 16.3 Å². The number of ether oxygens (including phenoxy) is 1. The van der Waals surface area contributed by atoms with Crippen molar-refractivity contribution in [2.24, 2.45) is 5.92 Å². The minimum absolute atomic E-state index is 0.0747. The van der Waals surface area contributed by atoms with Crippen LogP contribution in [-0.2, 0) is 4.74 Å². The highest BCUT2D eigenvalue weighted by atomic mass is 35.5. The number of halogens is 2. The molecule has 0 bridgehead atoms. The standard InChI is InChI=1S/C13H17ClFNO/c1-2-16-13(9-5-6-17-8-9)11-7-10(15)3-4-12(11)14/h3-4,7,9,13,16H,2,5-6,8H2,1H3. The van der Waals surface area contributed by atoms with Crippen molar-refractivity contribution in [2.75, 3.05) is 19.8 Å². The molecule has 1 heterocycles. The van der Waals surface area contributed by atoms with Crippen molar-refractivity contribution < 1.29 is 9.13 Å². The molecule has 4 heteroatoms. The van der Waals surface area contributed by atoms with Crippen LogP contribution in [0.15, 0.2) is 18.2 Å². The monoisotopic (exact) mass is 257 g/mol. The largest absolute Gasteiger partial charge is 0.381 e. The van der Waals surface area contributed by atoms with Crippen LogP contribution in [0.5, 0.6) is 0 Å². The smallest absolute Gasteiger partial charge is 0.123 e. The van der Waals surface area contributed by atoms with Gasteiger partial charge in [0.25, 0.3) is 0 Å². The third-order valence-corrected chi connectivity index (χ3v) is 3.50. The topological polar surface area (TPSA) is 21.3 Å². The molecule has 2 atom stereocenters. The van der Waals surface area contributed by atoms with Crippen LogP contribution in [0.3, 0.4) is 0 Å². The Morgan fingerprint density at radius 2 is 2.41 bits per heavy atom. The average molecular weight is 258 g/mol. The van der Waals surface area contributed by atoms with Crippen LogP contribution in [0, 0.1) is 11.7 Å². The number of hydrogen-bond donors (Lipinski definition) is 1. The van der Waals surface area contributed by atoms with Gasteiger partial charge in [-0.15, -0.1) is 0 Å². The molecule has 2 nitrogen and oxygen atoms in total. The van der Waals surface area contributed by atoms with Gasteiger partial charge in [-0.3, -0.25) is 0 Å². The molecule has 0 amide bonds. The highest BCUT2D eigenvalue weighted by Gasteiger charge is 2.28. The zero-order valence-electron chi connectivity index (χ0n) is 9.88. The van der Waals surface area contributed by atoms with Crippen molar-refractivity contribution in [3.8, 4) is 0 Å². The van der Waals surface area contributed by atoms with Crippen LogP contribution in [0.4, 0.5) is 4.39 Å². The van der Waals surface area contributed by atoms with Crippen molar-refractivity contribution in [3.63, 3.8) is 0 Å². The van der Waals surface area contributed by atoms with Gasteiger partial charge >= 0.3 is 0 Å². The van der Waals surface area contributed by atoms with Crippen LogP contribution in [0.2, 0.25) is 5.02 Å². The molecule has 0 aliphatic carbocycles. The van der Waals surface area contributed by atoms with Crippen LogP contribution in [0.25, 0.3) is 0 Å². The molecule has 1 aromatic carbocycles. The maximum atomic E-state index is 13.3. The van der Waals surface area contributed by atoms with E-state index in [1.807, 2.05) is 6.92 Å². The molecule has 1 aromatic rings. The van der Waals surface area contributed by atoms with Gasteiger partial charge in [-0.2, -0.15) is 0 Å². The van der Waals surface area contributed by atoms with Crippen LogP contribution >= 0.6 is 11.6 Å². The predicted molar refractivity (Wildman–Crippen MR) is 66.8 cm³/mol. The van der Waals surface area contributed by atoms with Crippen molar-refractivity contribution >= 4 is 11.6 Å². The Balaban J connectivity index is 2.27. The van der Waals surface area contributed by atoms with Crippen molar-refractivity contribution in [3.05, 3.63) is 34.6 Å². The van der Waals surface area contributed by atoms with Gasteiger partial charge in [0.2, 0.25) is 0 Å². The minimum Gasteiger partial charge on any atom is -0.381 e. The summed E-state index contributed by atoms with van der Waals surface area (Å²) in [5.41, 5.74) is 0.837. The van der Waals surface area contributed by atoms with Crippen LogP contribution in [-0.4, -0.2) is 19.8 Å². The summed E-state index contributed by atoms with van der Waals surface area (Å²) in [6.07, 6.45) is 0.991. The maximum absolute atomic E-state index is 13.3. The molecular weight excluding hydrogens is 241 g/mol. The first-order chi connectivity index (χ1) is 8.22. The van der Waals surface area contributed by atoms with Crippen LogP contribution in [0.1, 0.15) is 24.9 Å². The molecule has 94 valence electrons. The lowest BCUT2D eigenvalue weighted by Crippen LogP contribution is -2.29. The zero-order chi connectivity index (χ0) is 12.3. The molecule has 17 heavy (non-hydrogen) atoms. The molecule has 0 spiro atoms. The second-order valence-corrected chi connectivity index (χ2v) is 4.73. The molecule has 0 saturated carbocycles. The first kappa shape index (κ1) is 12.8. The molecule has 0 radical (unpaired) electrons. The highest BCUT2D eigenvalue weighted by molar-refractivity contribution is 6.31. The molecule has 1 saturated heterocycles. The van der Waals surface area contributed by atoms with Gasteiger partial charge in [0.05, 0.1) is 6.61 Å². The Hall–Kier alpha value is -0.640. The second-order valence-electron chi connectivity index (χ2n) is 4.32. The SMILES string of the molecule is CCNC(c1cc(F)ccc1Cl)C1CCOC1. The lowest BCUT2D eigenvalue weighted by molar-refractivity contribution is 0.177. The molecule has 0 aromatic heterocycles. The van der Waals surface area contributed by atoms with E-state index in [2.05, 4.69) is 5.32 Å². The van der Waals surface area contributed by atoms with Gasteiger partial charge < -0.3 is 10.1 Å². The first-order valence-corrected chi connectivity index (χ1v) is 6.36. The molecule has 2 unspecified atom stereocenters. The fourth-order valence-corrected chi connectivity index (χ4v) is 2.55.